The number of pyridine rings is 1. The average Bonchev–Trinajstić information content (AvgIpc) is 3.54. The summed E-state index contributed by atoms with van der Waals surface area (Å²) in [4.78, 5) is 31.0. The first-order valence-corrected chi connectivity index (χ1v) is 12.1. The highest BCUT2D eigenvalue weighted by atomic mass is 16.2. The molecule has 0 radical (unpaired) electrons. The minimum absolute atomic E-state index is 0.00993. The van der Waals surface area contributed by atoms with Crippen LogP contribution in [0.1, 0.15) is 47.9 Å². The molecule has 2 saturated heterocycles. The number of benzene rings is 2. The van der Waals surface area contributed by atoms with Crippen LogP contribution in [0.15, 0.2) is 66.9 Å². The Morgan fingerprint density at radius 1 is 0.853 bits per heavy atom. The Kier molecular flexibility index (Phi) is 5.24. The summed E-state index contributed by atoms with van der Waals surface area (Å²) in [7, 11) is 0. The molecule has 0 aliphatic carbocycles. The van der Waals surface area contributed by atoms with E-state index in [0.717, 1.165) is 54.5 Å². The number of rotatable bonds is 3. The summed E-state index contributed by atoms with van der Waals surface area (Å²) in [5.41, 5.74) is 1.50. The van der Waals surface area contributed by atoms with Gasteiger partial charge in [0, 0.05) is 31.4 Å². The van der Waals surface area contributed by atoms with Gasteiger partial charge in [0.25, 0.3) is 5.91 Å². The molecule has 0 spiro atoms. The van der Waals surface area contributed by atoms with Gasteiger partial charge in [-0.1, -0.05) is 42.5 Å². The van der Waals surface area contributed by atoms with E-state index in [2.05, 4.69) is 10.2 Å². The molecule has 7 heteroatoms. The zero-order chi connectivity index (χ0) is 23.1. The fourth-order valence-electron chi connectivity index (χ4n) is 5.57. The van der Waals surface area contributed by atoms with E-state index >= 15 is 0 Å². The van der Waals surface area contributed by atoms with Crippen LogP contribution < -0.4 is 0 Å². The Balaban J connectivity index is 1.23. The van der Waals surface area contributed by atoms with E-state index in [1.807, 2.05) is 81.1 Å². The molecule has 4 aromatic rings. The molecular weight excluding hydrogens is 426 g/mol. The SMILES string of the molecule is O=C(c1cccc2ccccc12)N1CCC[C@@H](C(=O)N2CCC[C@@H]2c2nnc3ccccn23)C1. The summed E-state index contributed by atoms with van der Waals surface area (Å²) in [6, 6.07) is 19.6. The van der Waals surface area contributed by atoms with Crippen molar-refractivity contribution in [2.45, 2.75) is 31.7 Å². The van der Waals surface area contributed by atoms with Crippen molar-refractivity contribution in [3.8, 4) is 0 Å². The summed E-state index contributed by atoms with van der Waals surface area (Å²) < 4.78 is 1.98. The smallest absolute Gasteiger partial charge is 0.254 e. The fourth-order valence-corrected chi connectivity index (χ4v) is 5.57. The third-order valence-corrected chi connectivity index (χ3v) is 7.25. The van der Waals surface area contributed by atoms with E-state index in [1.165, 1.54) is 0 Å². The number of hydrogen-bond acceptors (Lipinski definition) is 4. The highest BCUT2D eigenvalue weighted by Gasteiger charge is 2.38. The molecule has 172 valence electrons. The average molecular weight is 454 g/mol. The molecule has 2 amide bonds. The molecule has 6 rings (SSSR count). The number of carbonyl (C=O) groups is 2. The second kappa shape index (κ2) is 8.56. The first kappa shape index (κ1) is 20.8. The van der Waals surface area contributed by atoms with E-state index < -0.39 is 0 Å². The van der Waals surface area contributed by atoms with Gasteiger partial charge < -0.3 is 9.80 Å². The van der Waals surface area contributed by atoms with Crippen LogP contribution in [-0.4, -0.2) is 55.8 Å². The minimum atomic E-state index is -0.188. The number of nitrogens with zero attached hydrogens (tertiary/aromatic N) is 5. The van der Waals surface area contributed by atoms with Crippen LogP contribution in [0, 0.1) is 5.92 Å². The number of likely N-dealkylation sites (tertiary alicyclic amines) is 2. The summed E-state index contributed by atoms with van der Waals surface area (Å²) >= 11 is 0. The van der Waals surface area contributed by atoms with Crippen molar-refractivity contribution in [1.29, 1.82) is 0 Å². The van der Waals surface area contributed by atoms with Crippen LogP contribution in [0.5, 0.6) is 0 Å². The van der Waals surface area contributed by atoms with Gasteiger partial charge in [0.2, 0.25) is 5.91 Å². The van der Waals surface area contributed by atoms with Crippen molar-refractivity contribution >= 4 is 28.2 Å². The van der Waals surface area contributed by atoms with Gasteiger partial charge in [-0.2, -0.15) is 0 Å². The summed E-state index contributed by atoms with van der Waals surface area (Å²) in [5.74, 6) is 0.773. The maximum absolute atomic E-state index is 13.7. The molecule has 4 heterocycles. The maximum atomic E-state index is 13.7. The van der Waals surface area contributed by atoms with Gasteiger partial charge in [-0.15, -0.1) is 10.2 Å². The number of amides is 2. The maximum Gasteiger partial charge on any atom is 0.254 e. The summed E-state index contributed by atoms with van der Waals surface area (Å²) in [5, 5.41) is 10.7. The van der Waals surface area contributed by atoms with E-state index in [0.29, 0.717) is 18.7 Å². The molecule has 0 saturated carbocycles. The molecule has 0 bridgehead atoms. The third kappa shape index (κ3) is 3.52. The zero-order valence-corrected chi connectivity index (χ0v) is 19.0. The Bertz CT molecular complexity index is 1370. The number of fused-ring (bicyclic) bond motifs is 2. The lowest BCUT2D eigenvalue weighted by Gasteiger charge is -2.35. The Morgan fingerprint density at radius 3 is 2.62 bits per heavy atom. The molecule has 2 aliphatic heterocycles. The molecular formula is C27H27N5O2. The normalized spacial score (nSPS) is 20.8. The van der Waals surface area contributed by atoms with Crippen molar-refractivity contribution in [3.63, 3.8) is 0 Å². The van der Waals surface area contributed by atoms with Crippen molar-refractivity contribution in [2.24, 2.45) is 5.92 Å². The van der Waals surface area contributed by atoms with Gasteiger partial charge in [-0.05, 0) is 54.7 Å². The molecule has 2 aromatic heterocycles. The topological polar surface area (TPSA) is 70.8 Å². The van der Waals surface area contributed by atoms with Crippen LogP contribution in [0.2, 0.25) is 0 Å². The second-order valence-corrected chi connectivity index (χ2v) is 9.29. The van der Waals surface area contributed by atoms with E-state index in [-0.39, 0.29) is 23.8 Å². The molecule has 0 N–H and O–H groups in total. The molecule has 0 unspecified atom stereocenters. The van der Waals surface area contributed by atoms with Gasteiger partial charge in [-0.25, -0.2) is 0 Å². The number of hydrogen-bond donors (Lipinski definition) is 0. The predicted molar refractivity (Wildman–Crippen MR) is 129 cm³/mol. The van der Waals surface area contributed by atoms with Gasteiger partial charge >= 0.3 is 0 Å². The Morgan fingerprint density at radius 2 is 1.68 bits per heavy atom. The van der Waals surface area contributed by atoms with Crippen LogP contribution in [0.25, 0.3) is 16.4 Å². The van der Waals surface area contributed by atoms with Gasteiger partial charge in [0.15, 0.2) is 11.5 Å². The molecule has 2 aromatic carbocycles. The van der Waals surface area contributed by atoms with Crippen molar-refractivity contribution in [1.82, 2.24) is 24.4 Å². The van der Waals surface area contributed by atoms with Crippen molar-refractivity contribution in [2.75, 3.05) is 19.6 Å². The van der Waals surface area contributed by atoms with Gasteiger partial charge in [-0.3, -0.25) is 14.0 Å². The van der Waals surface area contributed by atoms with Crippen molar-refractivity contribution < 1.29 is 9.59 Å². The summed E-state index contributed by atoms with van der Waals surface area (Å²) in [6.45, 7) is 1.87. The first-order valence-electron chi connectivity index (χ1n) is 12.1. The van der Waals surface area contributed by atoms with Crippen LogP contribution in [-0.2, 0) is 4.79 Å². The minimum Gasteiger partial charge on any atom is -0.338 e. The lowest BCUT2D eigenvalue weighted by Crippen LogP contribution is -2.46. The number of piperidine rings is 1. The van der Waals surface area contributed by atoms with Crippen molar-refractivity contribution in [3.05, 3.63) is 78.2 Å². The first-order chi connectivity index (χ1) is 16.7. The number of carbonyl (C=O) groups excluding carboxylic acids is 2. The monoisotopic (exact) mass is 453 g/mol. The highest BCUT2D eigenvalue weighted by molar-refractivity contribution is 6.07. The standard InChI is InChI=1S/C27H27N5O2/c33-26(31-17-7-13-23(31)25-29-28-24-14-3-4-16-32(24)25)20-10-6-15-30(18-20)27(34)22-12-5-9-19-8-1-2-11-21(19)22/h1-5,8-9,11-12,14,16,20,23H,6-7,10,13,15,17-18H2/t20-,23-/m1/s1. The molecule has 2 fully saturated rings. The second-order valence-electron chi connectivity index (χ2n) is 9.29. The Hall–Kier alpha value is -3.74. The van der Waals surface area contributed by atoms with Gasteiger partial charge in [0.05, 0.1) is 12.0 Å². The largest absolute Gasteiger partial charge is 0.338 e. The fraction of sp³-hybridized carbons (Fsp3) is 0.333. The quantitative estimate of drug-likeness (QED) is 0.468. The molecule has 34 heavy (non-hydrogen) atoms. The number of aromatic nitrogens is 3. The van der Waals surface area contributed by atoms with Crippen LogP contribution in [0.4, 0.5) is 0 Å². The third-order valence-electron chi connectivity index (χ3n) is 7.25. The van der Waals surface area contributed by atoms with E-state index in [9.17, 15) is 9.59 Å². The van der Waals surface area contributed by atoms with E-state index in [1.54, 1.807) is 0 Å². The van der Waals surface area contributed by atoms with Crippen LogP contribution in [0.3, 0.4) is 0 Å². The lowest BCUT2D eigenvalue weighted by molar-refractivity contribution is -0.138. The summed E-state index contributed by atoms with van der Waals surface area (Å²) in [6.07, 6.45) is 5.42. The van der Waals surface area contributed by atoms with E-state index in [4.69, 9.17) is 0 Å². The Labute approximate surface area is 198 Å². The van der Waals surface area contributed by atoms with Gasteiger partial charge in [0.1, 0.15) is 0 Å². The molecule has 2 atom stereocenters. The zero-order valence-electron chi connectivity index (χ0n) is 19.0. The highest BCUT2D eigenvalue weighted by Crippen LogP contribution is 2.34. The molecule has 7 nitrogen and oxygen atoms in total. The molecule has 2 aliphatic rings. The predicted octanol–water partition coefficient (Wildman–Crippen LogP) is 4.10. The van der Waals surface area contributed by atoms with Crippen LogP contribution >= 0.6 is 0 Å². The lowest BCUT2D eigenvalue weighted by atomic mass is 9.94.